The third-order valence-electron chi connectivity index (χ3n) is 3.21. The summed E-state index contributed by atoms with van der Waals surface area (Å²) in [6.45, 7) is 4.96. The lowest BCUT2D eigenvalue weighted by Gasteiger charge is -2.26. The van der Waals surface area contributed by atoms with Crippen LogP contribution in [0.2, 0.25) is 0 Å². The Morgan fingerprint density at radius 3 is 2.40 bits per heavy atom. The minimum Gasteiger partial charge on any atom is -0.384 e. The molecule has 0 saturated carbocycles. The molecule has 0 aliphatic rings. The van der Waals surface area contributed by atoms with E-state index in [1.54, 1.807) is 0 Å². The van der Waals surface area contributed by atoms with Crippen molar-refractivity contribution in [2.75, 3.05) is 11.4 Å². The highest BCUT2D eigenvalue weighted by Gasteiger charge is 2.15. The topological polar surface area (TPSA) is 53.1 Å². The van der Waals surface area contributed by atoms with Crippen molar-refractivity contribution in [3.63, 3.8) is 0 Å². The minimum atomic E-state index is 0.0676. The first-order valence-corrected chi connectivity index (χ1v) is 7.31. The summed E-state index contributed by atoms with van der Waals surface area (Å²) in [7, 11) is 0. The van der Waals surface area contributed by atoms with Gasteiger partial charge >= 0.3 is 0 Å². The SMILES string of the molecule is CCN(c1ccc(C)cc1)c1cccc(Br)c1C(=N)N. The van der Waals surface area contributed by atoms with Crippen LogP contribution in [-0.2, 0) is 0 Å². The zero-order valence-electron chi connectivity index (χ0n) is 11.7. The summed E-state index contributed by atoms with van der Waals surface area (Å²) >= 11 is 3.48. The number of hydrogen-bond acceptors (Lipinski definition) is 2. The van der Waals surface area contributed by atoms with Gasteiger partial charge in [0.1, 0.15) is 5.84 Å². The van der Waals surface area contributed by atoms with E-state index in [9.17, 15) is 0 Å². The Bertz CT molecular complexity index is 620. The molecule has 104 valence electrons. The van der Waals surface area contributed by atoms with Crippen molar-refractivity contribution in [2.24, 2.45) is 5.73 Å². The maximum atomic E-state index is 7.80. The van der Waals surface area contributed by atoms with Gasteiger partial charge in [-0.05, 0) is 54.0 Å². The van der Waals surface area contributed by atoms with Crippen LogP contribution in [-0.4, -0.2) is 12.4 Å². The number of anilines is 2. The first-order chi connectivity index (χ1) is 9.54. The van der Waals surface area contributed by atoms with E-state index in [0.29, 0.717) is 0 Å². The van der Waals surface area contributed by atoms with Gasteiger partial charge < -0.3 is 10.6 Å². The van der Waals surface area contributed by atoms with Crippen molar-refractivity contribution in [3.8, 4) is 0 Å². The van der Waals surface area contributed by atoms with Crippen LogP contribution in [0, 0.1) is 12.3 Å². The largest absolute Gasteiger partial charge is 0.384 e. The second-order valence-corrected chi connectivity index (χ2v) is 5.48. The molecule has 3 nitrogen and oxygen atoms in total. The number of nitrogens with one attached hydrogen (secondary N) is 1. The maximum Gasteiger partial charge on any atom is 0.126 e. The quantitative estimate of drug-likeness (QED) is 0.651. The Kier molecular flexibility index (Phi) is 4.45. The fraction of sp³-hybridized carbons (Fsp3) is 0.188. The van der Waals surface area contributed by atoms with E-state index in [0.717, 1.165) is 28.0 Å². The van der Waals surface area contributed by atoms with Gasteiger partial charge in [0, 0.05) is 16.7 Å². The van der Waals surface area contributed by atoms with Gasteiger partial charge in [0.05, 0.1) is 11.3 Å². The second kappa shape index (κ2) is 6.09. The highest BCUT2D eigenvalue weighted by atomic mass is 79.9. The number of nitrogens with zero attached hydrogens (tertiary/aromatic N) is 1. The van der Waals surface area contributed by atoms with Gasteiger partial charge in [0.2, 0.25) is 0 Å². The zero-order chi connectivity index (χ0) is 14.7. The van der Waals surface area contributed by atoms with Crippen molar-refractivity contribution in [1.29, 1.82) is 5.41 Å². The van der Waals surface area contributed by atoms with E-state index in [2.05, 4.69) is 58.9 Å². The van der Waals surface area contributed by atoms with E-state index in [1.165, 1.54) is 5.56 Å². The number of amidine groups is 1. The molecule has 0 saturated heterocycles. The molecule has 0 atom stereocenters. The molecule has 0 radical (unpaired) electrons. The summed E-state index contributed by atoms with van der Waals surface area (Å²) in [4.78, 5) is 2.15. The third kappa shape index (κ3) is 2.85. The van der Waals surface area contributed by atoms with Crippen LogP contribution in [0.4, 0.5) is 11.4 Å². The van der Waals surface area contributed by atoms with E-state index in [4.69, 9.17) is 11.1 Å². The van der Waals surface area contributed by atoms with Gasteiger partial charge in [-0.25, -0.2) is 0 Å². The minimum absolute atomic E-state index is 0.0676. The number of nitrogens with two attached hydrogens (primary N) is 1. The average Bonchev–Trinajstić information content (AvgIpc) is 2.41. The standard InChI is InChI=1S/C16H18BrN3/c1-3-20(12-9-7-11(2)8-10-12)14-6-4-5-13(17)15(14)16(18)19/h4-10H,3H2,1-2H3,(H3,18,19). The summed E-state index contributed by atoms with van der Waals surface area (Å²) in [5.41, 5.74) is 9.73. The van der Waals surface area contributed by atoms with Crippen LogP contribution in [0.25, 0.3) is 0 Å². The Morgan fingerprint density at radius 1 is 1.20 bits per heavy atom. The van der Waals surface area contributed by atoms with Crippen molar-refractivity contribution in [3.05, 3.63) is 58.1 Å². The number of nitrogen functional groups attached to an aromatic ring is 1. The van der Waals surface area contributed by atoms with Crippen molar-refractivity contribution in [1.82, 2.24) is 0 Å². The molecule has 0 aliphatic carbocycles. The molecule has 2 aromatic carbocycles. The summed E-state index contributed by atoms with van der Waals surface area (Å²) in [5, 5.41) is 7.80. The van der Waals surface area contributed by atoms with Crippen LogP contribution in [0.15, 0.2) is 46.9 Å². The Hall–Kier alpha value is -1.81. The molecule has 0 aromatic heterocycles. The molecule has 20 heavy (non-hydrogen) atoms. The fourth-order valence-corrected chi connectivity index (χ4v) is 2.79. The number of aryl methyl sites for hydroxylation is 1. The van der Waals surface area contributed by atoms with Gasteiger partial charge in [-0.2, -0.15) is 0 Å². The number of benzene rings is 2. The number of halogens is 1. The Balaban J connectivity index is 2.55. The Morgan fingerprint density at radius 2 is 1.85 bits per heavy atom. The molecule has 4 heteroatoms. The van der Waals surface area contributed by atoms with E-state index in [-0.39, 0.29) is 5.84 Å². The van der Waals surface area contributed by atoms with Gasteiger partial charge in [-0.15, -0.1) is 0 Å². The maximum absolute atomic E-state index is 7.80. The highest BCUT2D eigenvalue weighted by molar-refractivity contribution is 9.10. The van der Waals surface area contributed by atoms with E-state index >= 15 is 0 Å². The van der Waals surface area contributed by atoms with Gasteiger partial charge in [-0.1, -0.05) is 23.8 Å². The van der Waals surface area contributed by atoms with Gasteiger partial charge in [0.25, 0.3) is 0 Å². The monoisotopic (exact) mass is 331 g/mol. The highest BCUT2D eigenvalue weighted by Crippen LogP contribution is 2.32. The van der Waals surface area contributed by atoms with Crippen LogP contribution < -0.4 is 10.6 Å². The van der Waals surface area contributed by atoms with Crippen LogP contribution >= 0.6 is 15.9 Å². The lowest BCUT2D eigenvalue weighted by atomic mass is 10.1. The van der Waals surface area contributed by atoms with Gasteiger partial charge in [-0.3, -0.25) is 5.41 Å². The number of hydrogen-bond donors (Lipinski definition) is 2. The lowest BCUT2D eigenvalue weighted by Crippen LogP contribution is -2.22. The van der Waals surface area contributed by atoms with E-state index in [1.807, 2.05) is 18.2 Å². The fourth-order valence-electron chi connectivity index (χ4n) is 2.22. The summed E-state index contributed by atoms with van der Waals surface area (Å²) in [5.74, 6) is 0.0676. The molecular weight excluding hydrogens is 314 g/mol. The first-order valence-electron chi connectivity index (χ1n) is 6.51. The molecule has 0 aliphatic heterocycles. The lowest BCUT2D eigenvalue weighted by molar-refractivity contribution is 1.02. The predicted molar refractivity (Wildman–Crippen MR) is 89.0 cm³/mol. The first kappa shape index (κ1) is 14.6. The summed E-state index contributed by atoms with van der Waals surface area (Å²) in [6.07, 6.45) is 0. The molecule has 0 amide bonds. The number of rotatable bonds is 4. The molecule has 2 rings (SSSR count). The van der Waals surface area contributed by atoms with Gasteiger partial charge in [0.15, 0.2) is 0 Å². The van der Waals surface area contributed by atoms with Crippen LogP contribution in [0.3, 0.4) is 0 Å². The molecule has 0 fully saturated rings. The molecule has 2 aromatic rings. The van der Waals surface area contributed by atoms with Crippen LogP contribution in [0.5, 0.6) is 0 Å². The van der Waals surface area contributed by atoms with Crippen molar-refractivity contribution >= 4 is 33.1 Å². The zero-order valence-corrected chi connectivity index (χ0v) is 13.2. The normalized spacial score (nSPS) is 10.3. The summed E-state index contributed by atoms with van der Waals surface area (Å²) in [6, 6.07) is 14.2. The van der Waals surface area contributed by atoms with Crippen molar-refractivity contribution < 1.29 is 0 Å². The Labute approximate surface area is 128 Å². The molecular formula is C16H18BrN3. The second-order valence-electron chi connectivity index (χ2n) is 4.63. The predicted octanol–water partition coefficient (Wildman–Crippen LogP) is 4.20. The molecule has 0 bridgehead atoms. The smallest absolute Gasteiger partial charge is 0.126 e. The third-order valence-corrected chi connectivity index (χ3v) is 3.87. The molecule has 3 N–H and O–H groups in total. The van der Waals surface area contributed by atoms with Crippen molar-refractivity contribution in [2.45, 2.75) is 13.8 Å². The average molecular weight is 332 g/mol. The van der Waals surface area contributed by atoms with Crippen LogP contribution in [0.1, 0.15) is 18.1 Å². The van der Waals surface area contributed by atoms with E-state index < -0.39 is 0 Å². The molecule has 0 spiro atoms. The molecule has 0 unspecified atom stereocenters. The molecule has 0 heterocycles. The summed E-state index contributed by atoms with van der Waals surface area (Å²) < 4.78 is 0.841.